The summed E-state index contributed by atoms with van der Waals surface area (Å²) in [4.78, 5) is 30.6. The summed E-state index contributed by atoms with van der Waals surface area (Å²) in [6.45, 7) is 1.92. The number of carbonyl (C=O) groups excluding carboxylic acids is 1. The van der Waals surface area contributed by atoms with Crippen LogP contribution in [0.3, 0.4) is 0 Å². The number of benzene rings is 1. The first-order valence-electron chi connectivity index (χ1n) is 11.3. The first-order chi connectivity index (χ1) is 16.6. The van der Waals surface area contributed by atoms with Crippen LogP contribution in [0.5, 0.6) is 0 Å². The molecular formula is C25H24ClFN6O. The zero-order valence-corrected chi connectivity index (χ0v) is 19.2. The van der Waals surface area contributed by atoms with Gasteiger partial charge in [-0.1, -0.05) is 41.9 Å². The number of halogens is 2. The number of fused-ring (bicyclic) bond motifs is 1. The van der Waals surface area contributed by atoms with Crippen LogP contribution < -0.4 is 5.32 Å². The zero-order chi connectivity index (χ0) is 23.5. The second-order valence-electron chi connectivity index (χ2n) is 8.53. The predicted molar refractivity (Wildman–Crippen MR) is 130 cm³/mol. The highest BCUT2D eigenvalue weighted by molar-refractivity contribution is 6.31. The van der Waals surface area contributed by atoms with Crippen LogP contribution in [0.2, 0.25) is 5.02 Å². The highest BCUT2D eigenvalue weighted by atomic mass is 35.5. The van der Waals surface area contributed by atoms with Crippen molar-refractivity contribution >= 4 is 34.4 Å². The van der Waals surface area contributed by atoms with Gasteiger partial charge in [0.25, 0.3) is 0 Å². The number of likely N-dealkylation sites (tertiary alicyclic amines) is 1. The molecule has 1 saturated heterocycles. The molecule has 5 rings (SSSR count). The number of piperidine rings is 1. The first-order valence-corrected chi connectivity index (χ1v) is 11.7. The number of amides is 1. The molecule has 2 N–H and O–H groups in total. The van der Waals surface area contributed by atoms with Gasteiger partial charge in [-0.25, -0.2) is 19.3 Å². The summed E-state index contributed by atoms with van der Waals surface area (Å²) >= 11 is 6.09. The number of hydrogen-bond donors (Lipinski definition) is 2. The number of anilines is 1. The summed E-state index contributed by atoms with van der Waals surface area (Å²) in [6, 6.07) is 11.5. The Bertz CT molecular complexity index is 1310. The smallest absolute Gasteiger partial charge is 0.226 e. The third kappa shape index (κ3) is 4.87. The van der Waals surface area contributed by atoms with E-state index in [1.807, 2.05) is 35.2 Å². The van der Waals surface area contributed by atoms with Gasteiger partial charge in [0.05, 0.1) is 17.6 Å². The molecule has 1 amide bonds. The van der Waals surface area contributed by atoms with Crippen molar-refractivity contribution in [1.82, 2.24) is 24.8 Å². The van der Waals surface area contributed by atoms with Gasteiger partial charge in [-0.3, -0.25) is 4.79 Å². The van der Waals surface area contributed by atoms with Gasteiger partial charge in [0.15, 0.2) is 17.5 Å². The molecule has 0 saturated carbocycles. The van der Waals surface area contributed by atoms with Crippen LogP contribution in [0.4, 0.5) is 10.2 Å². The Morgan fingerprint density at radius 1 is 1.24 bits per heavy atom. The van der Waals surface area contributed by atoms with Crippen LogP contribution in [0, 0.1) is 11.7 Å². The van der Waals surface area contributed by atoms with Crippen molar-refractivity contribution in [2.75, 3.05) is 25.0 Å². The van der Waals surface area contributed by atoms with Gasteiger partial charge in [0.1, 0.15) is 5.65 Å². The van der Waals surface area contributed by atoms with E-state index in [2.05, 4.69) is 25.3 Å². The molecule has 34 heavy (non-hydrogen) atoms. The first kappa shape index (κ1) is 22.3. The van der Waals surface area contributed by atoms with E-state index in [0.717, 1.165) is 36.5 Å². The summed E-state index contributed by atoms with van der Waals surface area (Å²) in [5.41, 5.74) is 2.37. The highest BCUT2D eigenvalue weighted by Gasteiger charge is 2.24. The highest BCUT2D eigenvalue weighted by Crippen LogP contribution is 2.28. The van der Waals surface area contributed by atoms with Gasteiger partial charge in [-0.05, 0) is 30.4 Å². The van der Waals surface area contributed by atoms with Crippen molar-refractivity contribution in [2.24, 2.45) is 5.92 Å². The molecule has 0 bridgehead atoms. The molecule has 1 fully saturated rings. The maximum Gasteiger partial charge on any atom is 0.226 e. The Labute approximate surface area is 201 Å². The summed E-state index contributed by atoms with van der Waals surface area (Å²) in [5, 5.41) is 4.40. The fraction of sp³-hybridized carbons (Fsp3) is 0.280. The van der Waals surface area contributed by atoms with Crippen molar-refractivity contribution < 1.29 is 9.18 Å². The summed E-state index contributed by atoms with van der Waals surface area (Å²) in [5.74, 6) is 0.331. The van der Waals surface area contributed by atoms with Gasteiger partial charge in [-0.2, -0.15) is 0 Å². The lowest BCUT2D eigenvalue weighted by Crippen LogP contribution is -2.42. The molecule has 1 aromatic carbocycles. The molecule has 4 heterocycles. The second-order valence-corrected chi connectivity index (χ2v) is 8.97. The largest absolute Gasteiger partial charge is 0.367 e. The SMILES string of the molecule is O=C(Cc1ccccc1)N1CCCC(CNc2nc(-c3c[nH]c4ncc(Cl)cc34)ncc2F)C1. The number of pyridine rings is 1. The topological polar surface area (TPSA) is 86.8 Å². The molecule has 7 nitrogen and oxygen atoms in total. The number of hydrogen-bond acceptors (Lipinski definition) is 5. The molecular weight excluding hydrogens is 455 g/mol. The van der Waals surface area contributed by atoms with E-state index < -0.39 is 5.82 Å². The lowest BCUT2D eigenvalue weighted by Gasteiger charge is -2.33. The molecule has 9 heteroatoms. The van der Waals surface area contributed by atoms with Gasteiger partial charge in [-0.15, -0.1) is 0 Å². The summed E-state index contributed by atoms with van der Waals surface area (Å²) in [7, 11) is 0. The Morgan fingerprint density at radius 3 is 2.94 bits per heavy atom. The number of nitrogens with zero attached hydrogens (tertiary/aromatic N) is 4. The lowest BCUT2D eigenvalue weighted by atomic mass is 9.97. The lowest BCUT2D eigenvalue weighted by molar-refractivity contribution is -0.132. The molecule has 1 aliphatic rings. The van der Waals surface area contributed by atoms with Crippen LogP contribution in [-0.2, 0) is 11.2 Å². The molecule has 1 atom stereocenters. The van der Waals surface area contributed by atoms with Crippen molar-refractivity contribution in [2.45, 2.75) is 19.3 Å². The van der Waals surface area contributed by atoms with Gasteiger partial charge < -0.3 is 15.2 Å². The average Bonchev–Trinajstić information content (AvgIpc) is 3.27. The van der Waals surface area contributed by atoms with E-state index in [4.69, 9.17) is 11.6 Å². The summed E-state index contributed by atoms with van der Waals surface area (Å²) < 4.78 is 14.5. The third-order valence-corrected chi connectivity index (χ3v) is 6.32. The van der Waals surface area contributed by atoms with Crippen LogP contribution in [0.15, 0.2) is 55.0 Å². The minimum absolute atomic E-state index is 0.123. The Balaban J connectivity index is 1.26. The van der Waals surface area contributed by atoms with Crippen molar-refractivity contribution in [3.63, 3.8) is 0 Å². The van der Waals surface area contributed by atoms with E-state index in [9.17, 15) is 9.18 Å². The molecule has 0 aliphatic carbocycles. The number of rotatable bonds is 6. The fourth-order valence-corrected chi connectivity index (χ4v) is 4.52. The van der Waals surface area contributed by atoms with E-state index in [1.165, 1.54) is 0 Å². The normalized spacial score (nSPS) is 16.1. The maximum absolute atomic E-state index is 14.5. The third-order valence-electron chi connectivity index (χ3n) is 6.11. The number of aromatic amines is 1. The molecule has 0 spiro atoms. The van der Waals surface area contributed by atoms with Crippen molar-refractivity contribution in [3.05, 3.63) is 71.4 Å². The number of carbonyl (C=O) groups is 1. The van der Waals surface area contributed by atoms with Crippen LogP contribution in [0.1, 0.15) is 18.4 Å². The molecule has 1 aliphatic heterocycles. The second kappa shape index (κ2) is 9.77. The minimum Gasteiger partial charge on any atom is -0.367 e. The zero-order valence-electron chi connectivity index (χ0n) is 18.5. The standard InChI is InChI=1S/C25H24ClFN6O/c26-18-10-19-20(13-30-23(19)29-12-18)24-31-14-21(27)25(32-24)28-11-17-7-4-8-33(15-17)22(34)9-16-5-2-1-3-6-16/h1-3,5-6,10,12-14,17H,4,7-9,11,15H2,(H,29,30)(H,28,31,32). The van der Waals surface area contributed by atoms with Gasteiger partial charge in [0, 0.05) is 43.0 Å². The molecule has 0 radical (unpaired) electrons. The molecule has 4 aromatic rings. The van der Waals surface area contributed by atoms with E-state index in [1.54, 1.807) is 18.5 Å². The number of nitrogens with one attached hydrogen (secondary N) is 2. The van der Waals surface area contributed by atoms with Crippen molar-refractivity contribution in [1.29, 1.82) is 0 Å². The van der Waals surface area contributed by atoms with E-state index in [0.29, 0.717) is 41.6 Å². The minimum atomic E-state index is -0.521. The Kier molecular flexibility index (Phi) is 6.40. The Hall–Kier alpha value is -3.52. The van der Waals surface area contributed by atoms with E-state index >= 15 is 0 Å². The maximum atomic E-state index is 14.5. The van der Waals surface area contributed by atoms with E-state index in [-0.39, 0.29) is 17.6 Å². The van der Waals surface area contributed by atoms with Gasteiger partial charge >= 0.3 is 0 Å². The number of aromatic nitrogens is 4. The quantitative estimate of drug-likeness (QED) is 0.419. The molecule has 174 valence electrons. The van der Waals surface area contributed by atoms with Crippen molar-refractivity contribution in [3.8, 4) is 11.4 Å². The van der Waals surface area contributed by atoms with Gasteiger partial charge in [0.2, 0.25) is 5.91 Å². The fourth-order valence-electron chi connectivity index (χ4n) is 4.37. The van der Waals surface area contributed by atoms with Crippen LogP contribution in [-0.4, -0.2) is 50.4 Å². The summed E-state index contributed by atoms with van der Waals surface area (Å²) in [6.07, 6.45) is 6.75. The molecule has 3 aromatic heterocycles. The monoisotopic (exact) mass is 478 g/mol. The average molecular weight is 479 g/mol. The Morgan fingerprint density at radius 2 is 2.09 bits per heavy atom. The van der Waals surface area contributed by atoms with Crippen LogP contribution >= 0.6 is 11.6 Å². The molecule has 1 unspecified atom stereocenters. The number of H-pyrrole nitrogens is 1. The van der Waals surface area contributed by atoms with Crippen LogP contribution in [0.25, 0.3) is 22.4 Å². The predicted octanol–water partition coefficient (Wildman–Crippen LogP) is 4.71.